The molecule has 4 rings (SSSR count). The zero-order chi connectivity index (χ0) is 19.0. The Morgan fingerprint density at radius 2 is 1.78 bits per heavy atom. The molecule has 0 saturated carbocycles. The van der Waals surface area contributed by atoms with Gasteiger partial charge in [0.25, 0.3) is 5.91 Å². The van der Waals surface area contributed by atoms with Gasteiger partial charge in [0.05, 0.1) is 18.1 Å². The average Bonchev–Trinajstić information content (AvgIpc) is 3.03. The molecule has 7 heteroatoms. The Kier molecular flexibility index (Phi) is 4.75. The predicted molar refractivity (Wildman–Crippen MR) is 102 cm³/mol. The Labute approximate surface area is 159 Å². The van der Waals surface area contributed by atoms with Crippen LogP contribution in [0.15, 0.2) is 53.4 Å². The standard InChI is InChI=1S/C20H22N2O4S/c1-15-13-17-14-18(27(24,25)21-9-11-26-12-10-21)7-8-19(17)22(15)20(23)16-5-3-2-4-6-16/h2-8,14-15H,9-13H2,1H3/t15-/m0/s1. The fraction of sp³-hybridized carbons (Fsp3) is 0.350. The smallest absolute Gasteiger partial charge is 0.258 e. The van der Waals surface area contributed by atoms with Crippen molar-refractivity contribution in [2.45, 2.75) is 24.3 Å². The van der Waals surface area contributed by atoms with E-state index in [4.69, 9.17) is 4.74 Å². The molecule has 142 valence electrons. The van der Waals surface area contributed by atoms with E-state index < -0.39 is 10.0 Å². The molecular formula is C20H22N2O4S. The van der Waals surface area contributed by atoms with E-state index in [1.165, 1.54) is 4.31 Å². The van der Waals surface area contributed by atoms with E-state index in [0.29, 0.717) is 38.3 Å². The Balaban J connectivity index is 1.66. The third-order valence-electron chi connectivity index (χ3n) is 5.11. The van der Waals surface area contributed by atoms with Crippen LogP contribution in [0.2, 0.25) is 0 Å². The Morgan fingerprint density at radius 3 is 2.48 bits per heavy atom. The molecule has 2 aliphatic heterocycles. The molecule has 27 heavy (non-hydrogen) atoms. The van der Waals surface area contributed by atoms with E-state index in [0.717, 1.165) is 11.3 Å². The number of hydrogen-bond acceptors (Lipinski definition) is 4. The summed E-state index contributed by atoms with van der Waals surface area (Å²) in [5.41, 5.74) is 2.31. The summed E-state index contributed by atoms with van der Waals surface area (Å²) in [4.78, 5) is 15.0. The van der Waals surface area contributed by atoms with E-state index in [1.54, 1.807) is 35.2 Å². The van der Waals surface area contributed by atoms with Crippen molar-refractivity contribution >= 4 is 21.6 Å². The number of carbonyl (C=O) groups excluding carboxylic acids is 1. The number of fused-ring (bicyclic) bond motifs is 1. The maximum atomic E-state index is 12.9. The number of anilines is 1. The van der Waals surface area contributed by atoms with Gasteiger partial charge in [0.1, 0.15) is 0 Å². The van der Waals surface area contributed by atoms with Gasteiger partial charge in [-0.25, -0.2) is 8.42 Å². The molecule has 0 radical (unpaired) electrons. The van der Waals surface area contributed by atoms with E-state index in [-0.39, 0.29) is 16.8 Å². The molecule has 0 aromatic heterocycles. The second-order valence-electron chi connectivity index (χ2n) is 6.90. The summed E-state index contributed by atoms with van der Waals surface area (Å²) in [7, 11) is -3.54. The monoisotopic (exact) mass is 386 g/mol. The SMILES string of the molecule is C[C@H]1Cc2cc(S(=O)(=O)N3CCOCC3)ccc2N1C(=O)c1ccccc1. The molecule has 1 saturated heterocycles. The lowest BCUT2D eigenvalue weighted by molar-refractivity contribution is 0.0730. The van der Waals surface area contributed by atoms with Gasteiger partial charge in [-0.2, -0.15) is 4.31 Å². The van der Waals surface area contributed by atoms with Gasteiger partial charge in [0, 0.05) is 30.4 Å². The summed E-state index contributed by atoms with van der Waals surface area (Å²) in [6, 6.07) is 14.2. The highest BCUT2D eigenvalue weighted by atomic mass is 32.2. The quantitative estimate of drug-likeness (QED) is 0.812. The van der Waals surface area contributed by atoms with Crippen LogP contribution in [0.1, 0.15) is 22.8 Å². The number of ether oxygens (including phenoxy) is 1. The highest BCUT2D eigenvalue weighted by Gasteiger charge is 2.34. The molecule has 2 aliphatic rings. The molecule has 2 heterocycles. The lowest BCUT2D eigenvalue weighted by Crippen LogP contribution is -2.40. The molecule has 2 aromatic carbocycles. The highest BCUT2D eigenvalue weighted by Crippen LogP contribution is 2.35. The summed E-state index contributed by atoms with van der Waals surface area (Å²) in [6.07, 6.45) is 0.639. The molecule has 0 spiro atoms. The van der Waals surface area contributed by atoms with Gasteiger partial charge in [-0.1, -0.05) is 18.2 Å². The number of rotatable bonds is 3. The number of hydrogen-bond donors (Lipinski definition) is 0. The van der Waals surface area contributed by atoms with Gasteiger partial charge in [0.15, 0.2) is 0 Å². The van der Waals surface area contributed by atoms with E-state index >= 15 is 0 Å². The average molecular weight is 386 g/mol. The maximum Gasteiger partial charge on any atom is 0.258 e. The van der Waals surface area contributed by atoms with Crippen LogP contribution in [-0.4, -0.2) is 51.0 Å². The van der Waals surface area contributed by atoms with Gasteiger partial charge in [-0.3, -0.25) is 4.79 Å². The zero-order valence-corrected chi connectivity index (χ0v) is 16.0. The second-order valence-corrected chi connectivity index (χ2v) is 8.84. The minimum Gasteiger partial charge on any atom is -0.379 e. The molecule has 0 aliphatic carbocycles. The third-order valence-corrected chi connectivity index (χ3v) is 7.01. The first-order valence-corrected chi connectivity index (χ1v) is 10.5. The predicted octanol–water partition coefficient (Wildman–Crippen LogP) is 2.30. The van der Waals surface area contributed by atoms with Crippen molar-refractivity contribution in [2.75, 3.05) is 31.2 Å². The summed E-state index contributed by atoms with van der Waals surface area (Å²) in [6.45, 7) is 3.56. The number of amides is 1. The lowest BCUT2D eigenvalue weighted by atomic mass is 10.1. The van der Waals surface area contributed by atoms with Crippen LogP contribution >= 0.6 is 0 Å². The molecular weight excluding hydrogens is 364 g/mol. The summed E-state index contributed by atoms with van der Waals surface area (Å²) in [5, 5.41) is 0. The van der Waals surface area contributed by atoms with Crippen molar-refractivity contribution < 1.29 is 17.9 Å². The van der Waals surface area contributed by atoms with Gasteiger partial charge in [-0.15, -0.1) is 0 Å². The second kappa shape index (κ2) is 7.07. The van der Waals surface area contributed by atoms with Crippen LogP contribution in [0.5, 0.6) is 0 Å². The number of benzene rings is 2. The summed E-state index contributed by atoms with van der Waals surface area (Å²) < 4.78 is 32.5. The number of nitrogens with zero attached hydrogens (tertiary/aromatic N) is 2. The highest BCUT2D eigenvalue weighted by molar-refractivity contribution is 7.89. The first-order valence-electron chi connectivity index (χ1n) is 9.08. The molecule has 0 bridgehead atoms. The van der Waals surface area contributed by atoms with Gasteiger partial charge < -0.3 is 9.64 Å². The van der Waals surface area contributed by atoms with Gasteiger partial charge >= 0.3 is 0 Å². The van der Waals surface area contributed by atoms with Crippen LogP contribution in [0.3, 0.4) is 0 Å². The van der Waals surface area contributed by atoms with E-state index in [9.17, 15) is 13.2 Å². The molecule has 1 atom stereocenters. The lowest BCUT2D eigenvalue weighted by Gasteiger charge is -2.26. The number of sulfonamides is 1. The van der Waals surface area contributed by atoms with Crippen LogP contribution in [0.4, 0.5) is 5.69 Å². The van der Waals surface area contributed by atoms with Crippen LogP contribution in [0.25, 0.3) is 0 Å². The fourth-order valence-corrected chi connectivity index (χ4v) is 5.19. The van der Waals surface area contributed by atoms with Crippen LogP contribution < -0.4 is 4.90 Å². The van der Waals surface area contributed by atoms with Gasteiger partial charge in [-0.05, 0) is 49.2 Å². The Hall–Kier alpha value is -2.22. The fourth-order valence-electron chi connectivity index (χ4n) is 3.73. The maximum absolute atomic E-state index is 12.9. The Morgan fingerprint density at radius 1 is 1.07 bits per heavy atom. The first kappa shape index (κ1) is 18.2. The van der Waals surface area contributed by atoms with E-state index in [2.05, 4.69) is 0 Å². The van der Waals surface area contributed by atoms with Crippen molar-refractivity contribution in [3.05, 3.63) is 59.7 Å². The number of carbonyl (C=O) groups is 1. The van der Waals surface area contributed by atoms with Crippen LogP contribution in [-0.2, 0) is 21.2 Å². The van der Waals surface area contributed by atoms with Crippen LogP contribution in [0, 0.1) is 0 Å². The topological polar surface area (TPSA) is 66.9 Å². The van der Waals surface area contributed by atoms with Crippen molar-refractivity contribution in [1.29, 1.82) is 0 Å². The minimum absolute atomic E-state index is 0.0194. The van der Waals surface area contributed by atoms with Crippen molar-refractivity contribution in [1.82, 2.24) is 4.31 Å². The van der Waals surface area contributed by atoms with E-state index in [1.807, 2.05) is 25.1 Å². The zero-order valence-electron chi connectivity index (χ0n) is 15.2. The molecule has 6 nitrogen and oxygen atoms in total. The van der Waals surface area contributed by atoms with Crippen molar-refractivity contribution in [3.63, 3.8) is 0 Å². The molecule has 1 amide bonds. The molecule has 0 unspecified atom stereocenters. The van der Waals surface area contributed by atoms with Crippen molar-refractivity contribution in [2.24, 2.45) is 0 Å². The van der Waals surface area contributed by atoms with Gasteiger partial charge in [0.2, 0.25) is 10.0 Å². The molecule has 2 aromatic rings. The molecule has 1 fully saturated rings. The summed E-state index contributed by atoms with van der Waals surface area (Å²) >= 11 is 0. The molecule has 0 N–H and O–H groups in total. The third kappa shape index (κ3) is 3.26. The first-order chi connectivity index (χ1) is 13.0. The summed E-state index contributed by atoms with van der Waals surface area (Å²) in [5.74, 6) is -0.0642. The van der Waals surface area contributed by atoms with Crippen molar-refractivity contribution in [3.8, 4) is 0 Å². The number of morpholine rings is 1. The minimum atomic E-state index is -3.54. The Bertz CT molecular complexity index is 953. The largest absolute Gasteiger partial charge is 0.379 e. The normalized spacial score (nSPS) is 20.5.